The van der Waals surface area contributed by atoms with Gasteiger partial charge in [-0.15, -0.1) is 0 Å². The van der Waals surface area contributed by atoms with Crippen molar-refractivity contribution < 1.29 is 14.7 Å². The monoisotopic (exact) mass is 282 g/mol. The van der Waals surface area contributed by atoms with Crippen molar-refractivity contribution in [3.8, 4) is 0 Å². The molecule has 2 aliphatic rings. The molecule has 2 fully saturated rings. The van der Waals surface area contributed by atoms with Gasteiger partial charge in [0.15, 0.2) is 0 Å². The largest absolute Gasteiger partial charge is 0.480 e. The summed E-state index contributed by atoms with van der Waals surface area (Å²) in [5.41, 5.74) is 5.47. The summed E-state index contributed by atoms with van der Waals surface area (Å²) in [6, 6.07) is -0.728. The molecule has 114 valence electrons. The van der Waals surface area contributed by atoms with E-state index < -0.39 is 17.6 Å². The Morgan fingerprint density at radius 3 is 2.35 bits per heavy atom. The van der Waals surface area contributed by atoms with Gasteiger partial charge in [0.25, 0.3) is 0 Å². The van der Waals surface area contributed by atoms with Crippen molar-refractivity contribution in [3.05, 3.63) is 0 Å². The van der Waals surface area contributed by atoms with E-state index in [0.29, 0.717) is 6.54 Å². The smallest absolute Gasteiger partial charge is 0.326 e. The number of amides is 1. The Kier molecular flexibility index (Phi) is 4.09. The van der Waals surface area contributed by atoms with E-state index in [9.17, 15) is 14.7 Å². The van der Waals surface area contributed by atoms with Crippen molar-refractivity contribution in [1.29, 1.82) is 0 Å². The van der Waals surface area contributed by atoms with Gasteiger partial charge in [-0.25, -0.2) is 4.79 Å². The first kappa shape index (κ1) is 15.3. The molecular formula is C15H26N2O3. The molecule has 3 N–H and O–H groups in total. The van der Waals surface area contributed by atoms with Gasteiger partial charge in [-0.05, 0) is 31.1 Å². The van der Waals surface area contributed by atoms with Crippen LogP contribution >= 0.6 is 0 Å². The summed E-state index contributed by atoms with van der Waals surface area (Å²) in [7, 11) is 0. The van der Waals surface area contributed by atoms with Gasteiger partial charge in [0, 0.05) is 18.5 Å². The predicted molar refractivity (Wildman–Crippen MR) is 76.2 cm³/mol. The molecule has 1 heterocycles. The van der Waals surface area contributed by atoms with Crippen LogP contribution in [-0.4, -0.2) is 40.0 Å². The summed E-state index contributed by atoms with van der Waals surface area (Å²) >= 11 is 0. The number of carbonyl (C=O) groups excluding carboxylic acids is 1. The van der Waals surface area contributed by atoms with Crippen LogP contribution in [-0.2, 0) is 9.59 Å². The van der Waals surface area contributed by atoms with Gasteiger partial charge in [-0.3, -0.25) is 4.79 Å². The summed E-state index contributed by atoms with van der Waals surface area (Å²) in [5.74, 6) is -0.991. The summed E-state index contributed by atoms with van der Waals surface area (Å²) in [6.45, 7) is 4.40. The Balaban J connectivity index is 2.12. The summed E-state index contributed by atoms with van der Waals surface area (Å²) in [5, 5.41) is 9.49. The molecule has 0 radical (unpaired) electrons. The highest BCUT2D eigenvalue weighted by atomic mass is 16.4. The van der Waals surface area contributed by atoms with Gasteiger partial charge in [-0.1, -0.05) is 26.7 Å². The van der Waals surface area contributed by atoms with Crippen molar-refractivity contribution in [3.63, 3.8) is 0 Å². The quantitative estimate of drug-likeness (QED) is 0.826. The normalized spacial score (nSPS) is 28.4. The fourth-order valence-corrected chi connectivity index (χ4v) is 3.79. The van der Waals surface area contributed by atoms with Crippen LogP contribution in [0.2, 0.25) is 0 Å². The SMILES string of the molecule is CC1(C)CCCN(C(=O)CC2(N)CCCC2)C1C(=O)O. The topological polar surface area (TPSA) is 83.6 Å². The lowest BCUT2D eigenvalue weighted by Crippen LogP contribution is -2.57. The van der Waals surface area contributed by atoms with Gasteiger partial charge in [0.1, 0.15) is 6.04 Å². The Hall–Kier alpha value is -1.10. The maximum Gasteiger partial charge on any atom is 0.326 e. The lowest BCUT2D eigenvalue weighted by Gasteiger charge is -2.44. The second kappa shape index (κ2) is 5.35. The number of rotatable bonds is 3. The number of aliphatic carboxylic acids is 1. The Labute approximate surface area is 120 Å². The van der Waals surface area contributed by atoms with Crippen LogP contribution in [0.1, 0.15) is 58.8 Å². The van der Waals surface area contributed by atoms with Crippen molar-refractivity contribution >= 4 is 11.9 Å². The predicted octanol–water partition coefficient (Wildman–Crippen LogP) is 1.75. The van der Waals surface area contributed by atoms with Crippen LogP contribution < -0.4 is 5.73 Å². The van der Waals surface area contributed by atoms with E-state index >= 15 is 0 Å². The molecule has 1 amide bonds. The summed E-state index contributed by atoms with van der Waals surface area (Å²) < 4.78 is 0. The summed E-state index contributed by atoms with van der Waals surface area (Å²) in [4.78, 5) is 25.7. The molecule has 0 aromatic rings. The van der Waals surface area contributed by atoms with Crippen LogP contribution in [0.4, 0.5) is 0 Å². The average Bonchev–Trinajstić information content (AvgIpc) is 2.73. The third-order valence-corrected chi connectivity index (χ3v) is 4.93. The molecule has 0 spiro atoms. The van der Waals surface area contributed by atoms with Crippen molar-refractivity contribution in [2.75, 3.05) is 6.54 Å². The molecule has 1 saturated carbocycles. The minimum atomic E-state index is -0.902. The lowest BCUT2D eigenvalue weighted by atomic mass is 9.76. The van der Waals surface area contributed by atoms with Crippen molar-refractivity contribution in [2.45, 2.75) is 70.4 Å². The number of likely N-dealkylation sites (tertiary alicyclic amines) is 1. The zero-order valence-electron chi connectivity index (χ0n) is 12.5. The maximum absolute atomic E-state index is 12.5. The number of hydrogen-bond donors (Lipinski definition) is 2. The fraction of sp³-hybridized carbons (Fsp3) is 0.867. The molecule has 5 heteroatoms. The number of carbonyl (C=O) groups is 2. The minimum Gasteiger partial charge on any atom is -0.480 e. The van der Waals surface area contributed by atoms with Gasteiger partial charge in [0.05, 0.1) is 0 Å². The summed E-state index contributed by atoms with van der Waals surface area (Å²) in [6.07, 6.45) is 5.85. The van der Waals surface area contributed by atoms with E-state index in [1.54, 1.807) is 4.90 Å². The molecule has 0 aromatic carbocycles. The molecule has 0 bridgehead atoms. The Morgan fingerprint density at radius 1 is 1.20 bits per heavy atom. The molecule has 1 saturated heterocycles. The highest BCUT2D eigenvalue weighted by Crippen LogP contribution is 2.37. The fourth-order valence-electron chi connectivity index (χ4n) is 3.79. The van der Waals surface area contributed by atoms with Crippen LogP contribution in [0.25, 0.3) is 0 Å². The second-order valence-corrected chi connectivity index (χ2v) is 7.17. The molecule has 20 heavy (non-hydrogen) atoms. The standard InChI is InChI=1S/C15H26N2O3/c1-14(2)6-5-9-17(12(14)13(19)20)11(18)10-15(16)7-3-4-8-15/h12H,3-10,16H2,1-2H3,(H,19,20). The van der Waals surface area contributed by atoms with E-state index in [0.717, 1.165) is 38.5 Å². The van der Waals surface area contributed by atoms with E-state index in [4.69, 9.17) is 5.73 Å². The Morgan fingerprint density at radius 2 is 1.80 bits per heavy atom. The maximum atomic E-state index is 12.5. The van der Waals surface area contributed by atoms with Gasteiger partial charge in [0.2, 0.25) is 5.91 Å². The number of carboxylic acid groups (broad SMARTS) is 1. The zero-order chi connectivity index (χ0) is 15.0. The van der Waals surface area contributed by atoms with Crippen molar-refractivity contribution in [2.24, 2.45) is 11.1 Å². The third-order valence-electron chi connectivity index (χ3n) is 4.93. The number of carboxylic acids is 1. The van der Waals surface area contributed by atoms with E-state index in [1.165, 1.54) is 0 Å². The lowest BCUT2D eigenvalue weighted by molar-refractivity contribution is -0.159. The highest BCUT2D eigenvalue weighted by Gasteiger charge is 2.45. The van der Waals surface area contributed by atoms with Crippen LogP contribution in [0.5, 0.6) is 0 Å². The first-order chi connectivity index (χ1) is 9.25. The molecular weight excluding hydrogens is 256 g/mol. The molecule has 2 rings (SSSR count). The first-order valence-corrected chi connectivity index (χ1v) is 7.56. The number of hydrogen-bond acceptors (Lipinski definition) is 3. The Bertz CT molecular complexity index is 400. The van der Waals surface area contributed by atoms with Gasteiger partial charge >= 0.3 is 5.97 Å². The van der Waals surface area contributed by atoms with Crippen molar-refractivity contribution in [1.82, 2.24) is 4.90 Å². The van der Waals surface area contributed by atoms with Crippen LogP contribution in [0, 0.1) is 5.41 Å². The highest BCUT2D eigenvalue weighted by molar-refractivity contribution is 5.85. The average molecular weight is 282 g/mol. The number of nitrogens with zero attached hydrogens (tertiary/aromatic N) is 1. The molecule has 5 nitrogen and oxygen atoms in total. The first-order valence-electron chi connectivity index (χ1n) is 7.56. The zero-order valence-corrected chi connectivity index (χ0v) is 12.5. The second-order valence-electron chi connectivity index (χ2n) is 7.17. The molecule has 1 aliphatic carbocycles. The molecule has 0 aromatic heterocycles. The molecule has 1 aliphatic heterocycles. The third kappa shape index (κ3) is 2.97. The molecule has 1 atom stereocenters. The van der Waals surface area contributed by atoms with E-state index in [1.807, 2.05) is 13.8 Å². The number of piperidine rings is 1. The van der Waals surface area contributed by atoms with Crippen LogP contribution in [0.15, 0.2) is 0 Å². The molecule has 1 unspecified atom stereocenters. The minimum absolute atomic E-state index is 0.0884. The number of nitrogens with two attached hydrogens (primary N) is 1. The van der Waals surface area contributed by atoms with E-state index in [2.05, 4.69) is 0 Å². The van der Waals surface area contributed by atoms with Gasteiger partial charge < -0.3 is 15.7 Å². The van der Waals surface area contributed by atoms with Crippen LogP contribution in [0.3, 0.4) is 0 Å². The van der Waals surface area contributed by atoms with Gasteiger partial charge in [-0.2, -0.15) is 0 Å². The van der Waals surface area contributed by atoms with E-state index in [-0.39, 0.29) is 17.7 Å².